The van der Waals surface area contributed by atoms with E-state index < -0.39 is 5.60 Å². The Labute approximate surface area is 104 Å². The third-order valence-corrected chi connectivity index (χ3v) is 4.32. The largest absolute Gasteiger partial charge is 0.384 e. The Balaban J connectivity index is 2.94. The fourth-order valence-corrected chi connectivity index (χ4v) is 2.57. The summed E-state index contributed by atoms with van der Waals surface area (Å²) >= 11 is 0. The summed E-state index contributed by atoms with van der Waals surface area (Å²) in [4.78, 5) is 0. The van der Waals surface area contributed by atoms with E-state index in [2.05, 4.69) is 20.8 Å². The molecule has 0 bridgehead atoms. The number of ether oxygens (including phenoxy) is 3. The Morgan fingerprint density at radius 2 is 1.94 bits per heavy atom. The van der Waals surface area contributed by atoms with Gasteiger partial charge in [-0.3, -0.25) is 0 Å². The zero-order chi connectivity index (χ0) is 13.2. The molecule has 1 fully saturated rings. The van der Waals surface area contributed by atoms with Crippen molar-refractivity contribution in [1.29, 1.82) is 0 Å². The molecule has 4 heteroatoms. The van der Waals surface area contributed by atoms with Crippen molar-refractivity contribution in [3.63, 3.8) is 0 Å². The highest BCUT2D eigenvalue weighted by Crippen LogP contribution is 2.47. The molecule has 0 radical (unpaired) electrons. The average molecular weight is 246 g/mol. The van der Waals surface area contributed by atoms with Crippen LogP contribution in [0.5, 0.6) is 0 Å². The van der Waals surface area contributed by atoms with Gasteiger partial charge in [0.05, 0.1) is 24.4 Å². The van der Waals surface area contributed by atoms with Crippen LogP contribution in [0.4, 0.5) is 0 Å². The van der Waals surface area contributed by atoms with Crippen LogP contribution in [-0.4, -0.2) is 43.4 Å². The van der Waals surface area contributed by atoms with Gasteiger partial charge in [0.25, 0.3) is 0 Å². The molecule has 4 nitrogen and oxygen atoms in total. The molecule has 1 N–H and O–H groups in total. The van der Waals surface area contributed by atoms with E-state index in [0.29, 0.717) is 13.2 Å². The van der Waals surface area contributed by atoms with Gasteiger partial charge in [-0.05, 0) is 20.3 Å². The van der Waals surface area contributed by atoms with Crippen molar-refractivity contribution in [2.24, 2.45) is 5.41 Å². The van der Waals surface area contributed by atoms with Crippen molar-refractivity contribution >= 4 is 0 Å². The van der Waals surface area contributed by atoms with Gasteiger partial charge in [-0.15, -0.1) is 0 Å². The van der Waals surface area contributed by atoms with Crippen LogP contribution in [0.3, 0.4) is 0 Å². The maximum absolute atomic E-state index is 9.12. The molecule has 0 spiro atoms. The van der Waals surface area contributed by atoms with E-state index in [4.69, 9.17) is 19.3 Å². The summed E-state index contributed by atoms with van der Waals surface area (Å²) in [6.07, 6.45) is 1.69. The van der Waals surface area contributed by atoms with Crippen molar-refractivity contribution in [2.45, 2.75) is 51.7 Å². The first-order valence-electron chi connectivity index (χ1n) is 6.22. The quantitative estimate of drug-likeness (QED) is 0.753. The normalized spacial score (nSPS) is 42.7. The fraction of sp³-hybridized carbons (Fsp3) is 1.00. The Bertz CT molecular complexity index is 258. The van der Waals surface area contributed by atoms with Crippen LogP contribution < -0.4 is 0 Å². The topological polar surface area (TPSA) is 47.9 Å². The monoisotopic (exact) mass is 246 g/mol. The lowest BCUT2D eigenvalue weighted by Gasteiger charge is -2.54. The molecule has 3 atom stereocenters. The minimum absolute atomic E-state index is 0.183. The van der Waals surface area contributed by atoms with E-state index in [-0.39, 0.29) is 17.8 Å². The molecule has 1 rings (SSSR count). The molecule has 0 aliphatic carbocycles. The van der Waals surface area contributed by atoms with Gasteiger partial charge in [-0.2, -0.15) is 0 Å². The lowest BCUT2D eigenvalue weighted by molar-refractivity contribution is -0.266. The first-order chi connectivity index (χ1) is 7.85. The number of methoxy groups -OCH3 is 1. The van der Waals surface area contributed by atoms with Crippen molar-refractivity contribution in [1.82, 2.24) is 0 Å². The number of hydrogen-bond donors (Lipinski definition) is 1. The highest BCUT2D eigenvalue weighted by Gasteiger charge is 2.54. The van der Waals surface area contributed by atoms with Gasteiger partial charge in [-0.1, -0.05) is 13.8 Å². The van der Waals surface area contributed by atoms with Crippen molar-refractivity contribution < 1.29 is 19.3 Å². The molecule has 1 heterocycles. The van der Waals surface area contributed by atoms with Crippen molar-refractivity contribution in [2.75, 3.05) is 27.1 Å². The van der Waals surface area contributed by atoms with Crippen LogP contribution >= 0.6 is 0 Å². The molecular weight excluding hydrogens is 220 g/mol. The summed E-state index contributed by atoms with van der Waals surface area (Å²) in [6.45, 7) is 9.21. The highest BCUT2D eigenvalue weighted by atomic mass is 16.6. The van der Waals surface area contributed by atoms with Crippen LogP contribution in [-0.2, 0) is 14.2 Å². The lowest BCUT2D eigenvalue weighted by Crippen LogP contribution is -2.60. The minimum atomic E-state index is -0.430. The smallest absolute Gasteiger partial charge is 0.144 e. The molecule has 102 valence electrons. The third-order valence-electron chi connectivity index (χ3n) is 4.32. The molecule has 0 saturated carbocycles. The Hall–Kier alpha value is -0.160. The van der Waals surface area contributed by atoms with E-state index in [9.17, 15) is 0 Å². The number of rotatable bonds is 5. The Morgan fingerprint density at radius 1 is 1.29 bits per heavy atom. The van der Waals surface area contributed by atoms with Gasteiger partial charge < -0.3 is 19.3 Å². The average Bonchev–Trinajstić information content (AvgIpc) is 2.26. The van der Waals surface area contributed by atoms with Gasteiger partial charge in [0.1, 0.15) is 6.79 Å². The second-order valence-electron chi connectivity index (χ2n) is 5.77. The predicted octanol–water partition coefficient (Wildman–Crippen LogP) is 1.95. The molecule has 2 unspecified atom stereocenters. The predicted molar refractivity (Wildman–Crippen MR) is 65.8 cm³/mol. The molecule has 17 heavy (non-hydrogen) atoms. The first kappa shape index (κ1) is 14.9. The van der Waals surface area contributed by atoms with E-state index in [0.717, 1.165) is 12.8 Å². The molecule has 0 aromatic carbocycles. The molecular formula is C13H26O4. The fourth-order valence-electron chi connectivity index (χ4n) is 2.57. The molecule has 1 aliphatic heterocycles. The van der Waals surface area contributed by atoms with Crippen LogP contribution in [0.15, 0.2) is 0 Å². The number of aliphatic hydroxyl groups is 1. The van der Waals surface area contributed by atoms with Gasteiger partial charge in [0.2, 0.25) is 0 Å². The second kappa shape index (κ2) is 5.22. The maximum atomic E-state index is 9.12. The van der Waals surface area contributed by atoms with Gasteiger partial charge in [0, 0.05) is 18.9 Å². The minimum Gasteiger partial charge on any atom is -0.384 e. The molecule has 0 aromatic rings. The van der Waals surface area contributed by atoms with Gasteiger partial charge in [0.15, 0.2) is 0 Å². The summed E-state index contributed by atoms with van der Waals surface area (Å²) < 4.78 is 16.9. The number of aliphatic hydroxyl groups excluding tert-OH is 1. The van der Waals surface area contributed by atoms with Crippen LogP contribution in [0.25, 0.3) is 0 Å². The maximum Gasteiger partial charge on any atom is 0.144 e. The summed E-state index contributed by atoms with van der Waals surface area (Å²) in [5.41, 5.74) is -0.850. The summed E-state index contributed by atoms with van der Waals surface area (Å²) in [5.74, 6) is 0. The summed E-state index contributed by atoms with van der Waals surface area (Å²) in [6, 6.07) is 0. The SMILES string of the molecule is CCC1(C)CC(C)(OCO)[C@](C)(COC)CO1. The second-order valence-corrected chi connectivity index (χ2v) is 5.77. The van der Waals surface area contributed by atoms with Crippen LogP contribution in [0.2, 0.25) is 0 Å². The van der Waals surface area contributed by atoms with Crippen LogP contribution in [0.1, 0.15) is 40.5 Å². The molecule has 0 aromatic heterocycles. The highest BCUT2D eigenvalue weighted by molar-refractivity contribution is 5.03. The summed E-state index contributed by atoms with van der Waals surface area (Å²) in [5, 5.41) is 9.12. The van der Waals surface area contributed by atoms with E-state index in [1.54, 1.807) is 7.11 Å². The van der Waals surface area contributed by atoms with Crippen LogP contribution in [0, 0.1) is 5.41 Å². The zero-order valence-corrected chi connectivity index (χ0v) is 11.7. The van der Waals surface area contributed by atoms with E-state index >= 15 is 0 Å². The van der Waals surface area contributed by atoms with Gasteiger partial charge in [-0.25, -0.2) is 0 Å². The standard InChI is InChI=1S/C13H26O4/c1-6-12(3)7-13(4,17-10-14)11(2,8-15-5)9-16-12/h14H,6-10H2,1-5H3/t11-,12?,13?/m1/s1. The first-order valence-corrected chi connectivity index (χ1v) is 6.22. The third kappa shape index (κ3) is 2.81. The molecule has 1 aliphatic rings. The Morgan fingerprint density at radius 3 is 2.41 bits per heavy atom. The Kier molecular flexibility index (Phi) is 4.58. The van der Waals surface area contributed by atoms with E-state index in [1.165, 1.54) is 0 Å². The van der Waals surface area contributed by atoms with Gasteiger partial charge >= 0.3 is 0 Å². The van der Waals surface area contributed by atoms with E-state index in [1.807, 2.05) is 6.92 Å². The van der Waals surface area contributed by atoms with Crippen molar-refractivity contribution in [3.05, 3.63) is 0 Å². The molecule has 1 saturated heterocycles. The van der Waals surface area contributed by atoms with Crippen molar-refractivity contribution in [3.8, 4) is 0 Å². The summed E-state index contributed by atoms with van der Waals surface area (Å²) in [7, 11) is 1.68. The number of hydrogen-bond acceptors (Lipinski definition) is 4. The zero-order valence-electron chi connectivity index (χ0n) is 11.7. The lowest BCUT2D eigenvalue weighted by atomic mass is 9.67. The molecule has 0 amide bonds.